The van der Waals surface area contributed by atoms with E-state index in [0.29, 0.717) is 17.4 Å². The van der Waals surface area contributed by atoms with Crippen molar-refractivity contribution in [1.29, 1.82) is 0 Å². The Morgan fingerprint density at radius 3 is 2.80 bits per heavy atom. The van der Waals surface area contributed by atoms with Gasteiger partial charge < -0.3 is 14.7 Å². The standard InChI is InChI=1S/C12H15N3O3S2/c1-7-13-8(6-19-7)4-15(2)12-14-9(5-18-3)10(20-12)11(16)17/h6H,4-5H2,1-3H3,(H,16,17). The second-order valence-corrected chi connectivity index (χ2v) is 6.26. The molecule has 8 heteroatoms. The molecule has 0 fully saturated rings. The predicted octanol–water partition coefficient (Wildman–Crippen LogP) is 2.39. The Labute approximate surface area is 124 Å². The minimum Gasteiger partial charge on any atom is -0.477 e. The zero-order valence-corrected chi connectivity index (χ0v) is 13.0. The van der Waals surface area contributed by atoms with Gasteiger partial charge in [-0.3, -0.25) is 0 Å². The molecule has 0 aromatic carbocycles. The predicted molar refractivity (Wildman–Crippen MR) is 78.7 cm³/mol. The summed E-state index contributed by atoms with van der Waals surface area (Å²) >= 11 is 2.75. The molecule has 2 aromatic heterocycles. The first kappa shape index (κ1) is 14.9. The van der Waals surface area contributed by atoms with Gasteiger partial charge in [0.1, 0.15) is 4.88 Å². The van der Waals surface area contributed by atoms with Crippen LogP contribution in [-0.4, -0.2) is 35.2 Å². The number of anilines is 1. The summed E-state index contributed by atoms with van der Waals surface area (Å²) in [5, 5.41) is 12.8. The van der Waals surface area contributed by atoms with E-state index < -0.39 is 5.97 Å². The van der Waals surface area contributed by atoms with Gasteiger partial charge in [-0.2, -0.15) is 0 Å². The summed E-state index contributed by atoms with van der Waals surface area (Å²) in [7, 11) is 3.39. The highest BCUT2D eigenvalue weighted by molar-refractivity contribution is 7.17. The normalized spacial score (nSPS) is 10.8. The first-order valence-electron chi connectivity index (χ1n) is 5.85. The topological polar surface area (TPSA) is 75.5 Å². The van der Waals surface area contributed by atoms with Gasteiger partial charge in [-0.05, 0) is 6.92 Å². The van der Waals surface area contributed by atoms with Crippen molar-refractivity contribution in [3.63, 3.8) is 0 Å². The summed E-state index contributed by atoms with van der Waals surface area (Å²) in [6.45, 7) is 2.75. The molecule has 0 bridgehead atoms. The van der Waals surface area contributed by atoms with Gasteiger partial charge in [-0.1, -0.05) is 11.3 Å². The van der Waals surface area contributed by atoms with Crippen LogP contribution in [0.15, 0.2) is 5.38 Å². The number of hydrogen-bond acceptors (Lipinski definition) is 7. The number of aryl methyl sites for hydroxylation is 1. The second kappa shape index (κ2) is 6.29. The fraction of sp³-hybridized carbons (Fsp3) is 0.417. The van der Waals surface area contributed by atoms with Gasteiger partial charge >= 0.3 is 5.97 Å². The second-order valence-electron chi connectivity index (χ2n) is 4.22. The molecule has 0 aliphatic heterocycles. The highest BCUT2D eigenvalue weighted by atomic mass is 32.1. The van der Waals surface area contributed by atoms with E-state index in [2.05, 4.69) is 9.97 Å². The van der Waals surface area contributed by atoms with Crippen LogP contribution in [-0.2, 0) is 17.9 Å². The van der Waals surface area contributed by atoms with E-state index in [1.54, 1.807) is 11.3 Å². The Balaban J connectivity index is 2.19. The zero-order valence-electron chi connectivity index (χ0n) is 11.4. The maximum absolute atomic E-state index is 11.2. The van der Waals surface area contributed by atoms with Crippen LogP contribution < -0.4 is 4.90 Å². The van der Waals surface area contributed by atoms with Crippen LogP contribution in [0.4, 0.5) is 5.13 Å². The number of carboxylic acids is 1. The van der Waals surface area contributed by atoms with Crippen LogP contribution in [0.5, 0.6) is 0 Å². The number of rotatable bonds is 6. The molecule has 0 unspecified atom stereocenters. The molecule has 2 rings (SSSR count). The first-order valence-corrected chi connectivity index (χ1v) is 7.55. The molecule has 0 aliphatic carbocycles. The summed E-state index contributed by atoms with van der Waals surface area (Å²) in [5.41, 5.74) is 1.41. The molecule has 0 atom stereocenters. The van der Waals surface area contributed by atoms with Gasteiger partial charge in [0.2, 0.25) is 0 Å². The van der Waals surface area contributed by atoms with E-state index in [-0.39, 0.29) is 11.5 Å². The van der Waals surface area contributed by atoms with Gasteiger partial charge in [0.25, 0.3) is 0 Å². The van der Waals surface area contributed by atoms with E-state index in [9.17, 15) is 4.79 Å². The molecule has 1 N–H and O–H groups in total. The quantitative estimate of drug-likeness (QED) is 0.882. The molecule has 0 spiro atoms. The number of methoxy groups -OCH3 is 1. The van der Waals surface area contributed by atoms with Crippen LogP contribution in [0.2, 0.25) is 0 Å². The van der Waals surface area contributed by atoms with E-state index >= 15 is 0 Å². The average molecular weight is 313 g/mol. The van der Waals surface area contributed by atoms with Crippen molar-refractivity contribution in [3.8, 4) is 0 Å². The van der Waals surface area contributed by atoms with Crippen LogP contribution in [0, 0.1) is 6.92 Å². The minimum atomic E-state index is -0.973. The number of carboxylic acid groups (broad SMARTS) is 1. The van der Waals surface area contributed by atoms with Crippen molar-refractivity contribution in [1.82, 2.24) is 9.97 Å². The fourth-order valence-electron chi connectivity index (χ4n) is 1.70. The summed E-state index contributed by atoms with van der Waals surface area (Å²) in [6.07, 6.45) is 0. The van der Waals surface area contributed by atoms with Crippen LogP contribution in [0.3, 0.4) is 0 Å². The molecule has 2 aromatic rings. The average Bonchev–Trinajstić information content (AvgIpc) is 2.96. The molecular formula is C12H15N3O3S2. The molecule has 0 radical (unpaired) electrons. The van der Waals surface area contributed by atoms with E-state index in [1.807, 2.05) is 24.3 Å². The lowest BCUT2D eigenvalue weighted by molar-refractivity contribution is 0.0697. The monoisotopic (exact) mass is 313 g/mol. The number of hydrogen-bond donors (Lipinski definition) is 1. The van der Waals surface area contributed by atoms with Gasteiger partial charge in [0, 0.05) is 19.5 Å². The lowest BCUT2D eigenvalue weighted by atomic mass is 10.4. The summed E-state index contributed by atoms with van der Waals surface area (Å²) in [5.74, 6) is -0.973. The van der Waals surface area contributed by atoms with Gasteiger partial charge in [-0.15, -0.1) is 11.3 Å². The van der Waals surface area contributed by atoms with Crippen molar-refractivity contribution < 1.29 is 14.6 Å². The number of aromatic nitrogens is 2. The lowest BCUT2D eigenvalue weighted by Gasteiger charge is -2.13. The van der Waals surface area contributed by atoms with Crippen molar-refractivity contribution in [2.75, 3.05) is 19.1 Å². The first-order chi connectivity index (χ1) is 9.51. The Morgan fingerprint density at radius 1 is 1.50 bits per heavy atom. The number of carbonyl (C=O) groups is 1. The molecule has 0 amide bonds. The molecule has 20 heavy (non-hydrogen) atoms. The maximum Gasteiger partial charge on any atom is 0.347 e. The maximum atomic E-state index is 11.2. The number of thiazole rings is 2. The minimum absolute atomic E-state index is 0.196. The molecule has 2 heterocycles. The third kappa shape index (κ3) is 3.33. The van der Waals surface area contributed by atoms with Gasteiger partial charge in [-0.25, -0.2) is 14.8 Å². The Kier molecular flexibility index (Phi) is 4.69. The zero-order chi connectivity index (χ0) is 14.7. The fourth-order valence-corrected chi connectivity index (χ4v) is 3.17. The molecule has 0 saturated heterocycles. The Morgan fingerprint density at radius 2 is 2.25 bits per heavy atom. The number of ether oxygens (including phenoxy) is 1. The molecule has 0 saturated carbocycles. The van der Waals surface area contributed by atoms with Crippen LogP contribution in [0.1, 0.15) is 26.1 Å². The van der Waals surface area contributed by atoms with Gasteiger partial charge in [0.15, 0.2) is 5.13 Å². The number of nitrogens with zero attached hydrogens (tertiary/aromatic N) is 3. The largest absolute Gasteiger partial charge is 0.477 e. The SMILES string of the molecule is COCc1nc(N(C)Cc2csc(C)n2)sc1C(=O)O. The van der Waals surface area contributed by atoms with Crippen molar-refractivity contribution in [2.24, 2.45) is 0 Å². The highest BCUT2D eigenvalue weighted by Gasteiger charge is 2.19. The third-order valence-corrected chi connectivity index (χ3v) is 4.58. The Bertz CT molecular complexity index is 609. The molecular weight excluding hydrogens is 298 g/mol. The molecule has 0 aliphatic rings. The van der Waals surface area contributed by atoms with Crippen molar-refractivity contribution in [3.05, 3.63) is 26.7 Å². The van der Waals surface area contributed by atoms with E-state index in [0.717, 1.165) is 22.0 Å². The lowest BCUT2D eigenvalue weighted by Crippen LogP contribution is -2.16. The van der Waals surface area contributed by atoms with Crippen LogP contribution >= 0.6 is 22.7 Å². The number of aromatic carboxylic acids is 1. The van der Waals surface area contributed by atoms with Crippen molar-refractivity contribution in [2.45, 2.75) is 20.1 Å². The highest BCUT2D eigenvalue weighted by Crippen LogP contribution is 2.27. The Hall–Kier alpha value is -1.51. The van der Waals surface area contributed by atoms with Crippen molar-refractivity contribution >= 4 is 33.8 Å². The van der Waals surface area contributed by atoms with Gasteiger partial charge in [0.05, 0.1) is 29.5 Å². The third-order valence-electron chi connectivity index (χ3n) is 2.55. The summed E-state index contributed by atoms with van der Waals surface area (Å²) in [4.78, 5) is 22.0. The smallest absolute Gasteiger partial charge is 0.347 e. The molecule has 108 valence electrons. The van der Waals surface area contributed by atoms with E-state index in [4.69, 9.17) is 9.84 Å². The van der Waals surface area contributed by atoms with E-state index in [1.165, 1.54) is 7.11 Å². The summed E-state index contributed by atoms with van der Waals surface area (Å²) in [6, 6.07) is 0. The molecule has 6 nitrogen and oxygen atoms in total. The van der Waals surface area contributed by atoms with Crippen LogP contribution in [0.25, 0.3) is 0 Å². The summed E-state index contributed by atoms with van der Waals surface area (Å²) < 4.78 is 4.99.